The van der Waals surface area contributed by atoms with Gasteiger partial charge in [0, 0.05) is 32.2 Å². The Hall–Kier alpha value is -0.690. The van der Waals surface area contributed by atoms with Crippen LogP contribution in [0.4, 0.5) is 0 Å². The van der Waals surface area contributed by atoms with Crippen molar-refractivity contribution in [3.05, 3.63) is 16.4 Å². The van der Waals surface area contributed by atoms with Gasteiger partial charge in [-0.3, -0.25) is 4.90 Å². The topological polar surface area (TPSA) is 45.5 Å². The molecule has 1 aliphatic rings. The zero-order valence-electron chi connectivity index (χ0n) is 11.5. The first-order chi connectivity index (χ1) is 8.63. The van der Waals surface area contributed by atoms with Gasteiger partial charge in [-0.25, -0.2) is 9.50 Å². The molecule has 7 heteroatoms. The van der Waals surface area contributed by atoms with Gasteiger partial charge in [-0.1, -0.05) is 11.3 Å². The minimum absolute atomic E-state index is 0. The third-order valence-electron chi connectivity index (χ3n) is 3.42. The molecule has 2 aromatic rings. The van der Waals surface area contributed by atoms with E-state index in [1.165, 1.54) is 5.69 Å². The van der Waals surface area contributed by atoms with Gasteiger partial charge >= 0.3 is 0 Å². The molecule has 0 amide bonds. The van der Waals surface area contributed by atoms with Gasteiger partial charge in [-0.05, 0) is 20.8 Å². The molecule has 5 nitrogen and oxygen atoms in total. The fraction of sp³-hybridized carbons (Fsp3) is 0.667. The average molecular weight is 302 g/mol. The van der Waals surface area contributed by atoms with Gasteiger partial charge in [0.1, 0.15) is 5.01 Å². The predicted octanol–water partition coefficient (Wildman–Crippen LogP) is 1.62. The molecule has 0 aromatic carbocycles. The molecular weight excluding hydrogens is 282 g/mol. The maximum atomic E-state index is 4.60. The molecule has 2 aromatic heterocycles. The Morgan fingerprint density at radius 2 is 2.21 bits per heavy atom. The Kier molecular flexibility index (Phi) is 4.45. The monoisotopic (exact) mass is 301 g/mol. The summed E-state index contributed by atoms with van der Waals surface area (Å²) in [5.74, 6) is 0. The maximum absolute atomic E-state index is 4.60. The first-order valence-electron chi connectivity index (χ1n) is 6.41. The highest BCUT2D eigenvalue weighted by Gasteiger charge is 2.19. The van der Waals surface area contributed by atoms with Gasteiger partial charge < -0.3 is 5.32 Å². The van der Waals surface area contributed by atoms with Crippen molar-refractivity contribution < 1.29 is 0 Å². The summed E-state index contributed by atoms with van der Waals surface area (Å²) in [6.07, 6.45) is 0. The molecule has 0 aliphatic carbocycles. The van der Waals surface area contributed by atoms with E-state index in [1.807, 2.05) is 11.4 Å². The molecule has 0 spiro atoms. The highest BCUT2D eigenvalue weighted by molar-refractivity contribution is 7.16. The maximum Gasteiger partial charge on any atom is 0.212 e. The predicted molar refractivity (Wildman–Crippen MR) is 80.3 cm³/mol. The van der Waals surface area contributed by atoms with Crippen LogP contribution in [-0.4, -0.2) is 45.2 Å². The van der Waals surface area contributed by atoms with Crippen LogP contribution in [0.2, 0.25) is 0 Å². The number of piperazine rings is 1. The minimum atomic E-state index is 0. The van der Waals surface area contributed by atoms with Gasteiger partial charge in [-0.15, -0.1) is 12.4 Å². The van der Waals surface area contributed by atoms with Gasteiger partial charge in [0.15, 0.2) is 0 Å². The number of imidazole rings is 1. The molecule has 19 heavy (non-hydrogen) atoms. The van der Waals surface area contributed by atoms with Crippen LogP contribution in [0.25, 0.3) is 4.96 Å². The van der Waals surface area contributed by atoms with Crippen molar-refractivity contribution in [1.82, 2.24) is 24.8 Å². The van der Waals surface area contributed by atoms with Gasteiger partial charge in [0.2, 0.25) is 4.96 Å². The Morgan fingerprint density at radius 1 is 1.42 bits per heavy atom. The first-order valence-corrected chi connectivity index (χ1v) is 7.22. The lowest BCUT2D eigenvalue weighted by molar-refractivity contribution is 0.196. The molecule has 3 rings (SSSR count). The third-order valence-corrected chi connectivity index (χ3v) is 4.25. The summed E-state index contributed by atoms with van der Waals surface area (Å²) in [5.41, 5.74) is 2.35. The fourth-order valence-electron chi connectivity index (χ4n) is 2.54. The molecule has 0 radical (unpaired) electrons. The number of hydrogen-bond donors (Lipinski definition) is 1. The first kappa shape index (κ1) is 14.7. The van der Waals surface area contributed by atoms with Crippen molar-refractivity contribution in [2.24, 2.45) is 0 Å². The van der Waals surface area contributed by atoms with Gasteiger partial charge in [0.25, 0.3) is 0 Å². The number of hydrogen-bond acceptors (Lipinski definition) is 5. The standard InChI is InChI=1S/C12H19N5S.ClH/c1-8-6-16(5-4-13-8)7-11-9(2)14-12-17(11)15-10(3)18-12;/h8,13H,4-7H2,1-3H3;1H/t8-;/m0./s1. The molecule has 1 aliphatic heterocycles. The van der Waals surface area contributed by atoms with Crippen LogP contribution in [0.5, 0.6) is 0 Å². The van der Waals surface area contributed by atoms with E-state index in [1.54, 1.807) is 11.3 Å². The van der Waals surface area contributed by atoms with Crippen LogP contribution in [0.15, 0.2) is 0 Å². The molecule has 1 N–H and O–H groups in total. The molecule has 1 fully saturated rings. The molecule has 0 unspecified atom stereocenters. The van der Waals surface area contributed by atoms with Crippen molar-refractivity contribution in [1.29, 1.82) is 0 Å². The molecule has 0 saturated carbocycles. The van der Waals surface area contributed by atoms with E-state index in [0.717, 1.165) is 41.8 Å². The number of rotatable bonds is 2. The number of fused-ring (bicyclic) bond motifs is 1. The second kappa shape index (κ2) is 5.75. The van der Waals surface area contributed by atoms with Crippen molar-refractivity contribution in [3.8, 4) is 0 Å². The highest BCUT2D eigenvalue weighted by atomic mass is 35.5. The van der Waals surface area contributed by atoms with Gasteiger partial charge in [-0.2, -0.15) is 5.10 Å². The van der Waals surface area contributed by atoms with Crippen LogP contribution < -0.4 is 5.32 Å². The second-order valence-electron chi connectivity index (χ2n) is 5.05. The lowest BCUT2D eigenvalue weighted by atomic mass is 10.2. The molecule has 1 atom stereocenters. The van der Waals surface area contributed by atoms with Crippen molar-refractivity contribution in [2.75, 3.05) is 19.6 Å². The van der Waals surface area contributed by atoms with E-state index in [2.05, 4.69) is 34.1 Å². The summed E-state index contributed by atoms with van der Waals surface area (Å²) >= 11 is 1.66. The van der Waals surface area contributed by atoms with Crippen LogP contribution in [0.3, 0.4) is 0 Å². The van der Waals surface area contributed by atoms with Crippen LogP contribution in [0, 0.1) is 13.8 Å². The van der Waals surface area contributed by atoms with E-state index in [-0.39, 0.29) is 12.4 Å². The SMILES string of the molecule is Cc1nn2c(CN3CCN[C@@H](C)C3)c(C)nc2s1.Cl. The van der Waals surface area contributed by atoms with E-state index < -0.39 is 0 Å². The zero-order valence-corrected chi connectivity index (χ0v) is 13.1. The van der Waals surface area contributed by atoms with E-state index >= 15 is 0 Å². The van der Waals surface area contributed by atoms with E-state index in [4.69, 9.17) is 0 Å². The van der Waals surface area contributed by atoms with Crippen molar-refractivity contribution >= 4 is 28.7 Å². The quantitative estimate of drug-likeness (QED) is 0.916. The van der Waals surface area contributed by atoms with E-state index in [9.17, 15) is 0 Å². The molecular formula is C12H20ClN5S. The number of halogens is 1. The second-order valence-corrected chi connectivity index (χ2v) is 6.21. The Balaban J connectivity index is 0.00000133. The molecule has 3 heterocycles. The normalized spacial score (nSPS) is 20.7. The summed E-state index contributed by atoms with van der Waals surface area (Å²) in [7, 11) is 0. The Morgan fingerprint density at radius 3 is 2.95 bits per heavy atom. The number of nitrogens with zero attached hydrogens (tertiary/aromatic N) is 4. The smallest absolute Gasteiger partial charge is 0.212 e. The van der Waals surface area contributed by atoms with Crippen LogP contribution >= 0.6 is 23.7 Å². The Bertz CT molecular complexity index is 564. The highest BCUT2D eigenvalue weighted by Crippen LogP contribution is 2.19. The van der Waals surface area contributed by atoms with Crippen molar-refractivity contribution in [3.63, 3.8) is 0 Å². The summed E-state index contributed by atoms with van der Waals surface area (Å²) in [4.78, 5) is 8.09. The number of nitrogens with one attached hydrogen (secondary N) is 1. The van der Waals surface area contributed by atoms with E-state index in [0.29, 0.717) is 6.04 Å². The van der Waals surface area contributed by atoms with Crippen molar-refractivity contribution in [2.45, 2.75) is 33.4 Å². The summed E-state index contributed by atoms with van der Waals surface area (Å²) in [5, 5.41) is 9.09. The number of aromatic nitrogens is 3. The number of aryl methyl sites for hydroxylation is 2. The molecule has 106 valence electrons. The lowest BCUT2D eigenvalue weighted by Crippen LogP contribution is -2.48. The summed E-state index contributed by atoms with van der Waals surface area (Å²) in [6, 6.07) is 0.569. The van der Waals surface area contributed by atoms with Crippen LogP contribution in [0.1, 0.15) is 23.3 Å². The van der Waals surface area contributed by atoms with Gasteiger partial charge in [0.05, 0.1) is 11.4 Å². The molecule has 1 saturated heterocycles. The van der Waals surface area contributed by atoms with Crippen LogP contribution in [-0.2, 0) is 6.54 Å². The lowest BCUT2D eigenvalue weighted by Gasteiger charge is -2.31. The zero-order chi connectivity index (χ0) is 12.7. The fourth-order valence-corrected chi connectivity index (χ4v) is 3.34. The Labute approximate surface area is 123 Å². The minimum Gasteiger partial charge on any atom is -0.312 e. The largest absolute Gasteiger partial charge is 0.312 e. The average Bonchev–Trinajstić information content (AvgIpc) is 2.78. The molecule has 0 bridgehead atoms. The summed E-state index contributed by atoms with van der Waals surface area (Å²) in [6.45, 7) is 10.6. The summed E-state index contributed by atoms with van der Waals surface area (Å²) < 4.78 is 2.02. The third kappa shape index (κ3) is 2.91.